The SMILES string of the molecule is CCCCS(=O)(=O)N1CCC[C@H](c2nnc(-c3ccc4c(c3)OCO4)o2)C1. The van der Waals surface area contributed by atoms with Crippen LogP contribution < -0.4 is 9.47 Å². The summed E-state index contributed by atoms with van der Waals surface area (Å²) in [5.74, 6) is 2.34. The summed E-state index contributed by atoms with van der Waals surface area (Å²) in [5, 5.41) is 8.32. The van der Waals surface area contributed by atoms with Crippen molar-refractivity contribution in [3.8, 4) is 23.0 Å². The van der Waals surface area contributed by atoms with Crippen molar-refractivity contribution in [1.82, 2.24) is 14.5 Å². The minimum Gasteiger partial charge on any atom is -0.454 e. The average molecular weight is 393 g/mol. The Labute approximate surface area is 158 Å². The van der Waals surface area contributed by atoms with E-state index in [0.29, 0.717) is 42.8 Å². The van der Waals surface area contributed by atoms with E-state index >= 15 is 0 Å². The summed E-state index contributed by atoms with van der Waals surface area (Å²) in [6.45, 7) is 3.16. The standard InChI is InChI=1S/C18H23N3O5S/c1-2-3-9-27(22,23)21-8-4-5-14(11-21)18-20-19-17(26-18)13-6-7-15-16(10-13)25-12-24-15/h6-7,10,14H,2-5,8-9,11-12H2,1H3/t14-/m0/s1. The quantitative estimate of drug-likeness (QED) is 0.745. The van der Waals surface area contributed by atoms with E-state index in [4.69, 9.17) is 13.9 Å². The number of ether oxygens (including phenoxy) is 2. The maximum atomic E-state index is 12.5. The summed E-state index contributed by atoms with van der Waals surface area (Å²) in [4.78, 5) is 0. The number of nitrogens with zero attached hydrogens (tertiary/aromatic N) is 3. The molecule has 0 saturated carbocycles. The molecule has 0 amide bonds. The Morgan fingerprint density at radius 1 is 1.22 bits per heavy atom. The highest BCUT2D eigenvalue weighted by molar-refractivity contribution is 7.89. The zero-order chi connectivity index (χ0) is 18.9. The number of piperidine rings is 1. The molecule has 1 aromatic heterocycles. The van der Waals surface area contributed by atoms with Gasteiger partial charge in [0.2, 0.25) is 28.6 Å². The molecule has 1 fully saturated rings. The van der Waals surface area contributed by atoms with E-state index in [0.717, 1.165) is 24.8 Å². The first kappa shape index (κ1) is 18.2. The molecular weight excluding hydrogens is 370 g/mol. The molecule has 146 valence electrons. The molecule has 0 bridgehead atoms. The zero-order valence-electron chi connectivity index (χ0n) is 15.3. The van der Waals surface area contributed by atoms with E-state index in [9.17, 15) is 8.42 Å². The van der Waals surface area contributed by atoms with E-state index in [2.05, 4.69) is 10.2 Å². The lowest BCUT2D eigenvalue weighted by Crippen LogP contribution is -2.40. The van der Waals surface area contributed by atoms with Crippen LogP contribution in [0.15, 0.2) is 22.6 Å². The molecule has 2 aliphatic heterocycles. The Kier molecular flexibility index (Phi) is 5.05. The number of benzene rings is 1. The molecule has 4 rings (SSSR count). The fraction of sp³-hybridized carbons (Fsp3) is 0.556. The number of unbranched alkanes of at least 4 members (excludes halogenated alkanes) is 1. The lowest BCUT2D eigenvalue weighted by molar-refractivity contribution is 0.174. The van der Waals surface area contributed by atoms with Gasteiger partial charge in [0.1, 0.15) is 0 Å². The second-order valence-corrected chi connectivity index (χ2v) is 8.97. The van der Waals surface area contributed by atoms with E-state index in [1.165, 1.54) is 0 Å². The van der Waals surface area contributed by atoms with Gasteiger partial charge >= 0.3 is 0 Å². The van der Waals surface area contributed by atoms with E-state index in [-0.39, 0.29) is 18.5 Å². The van der Waals surface area contributed by atoms with Gasteiger partial charge < -0.3 is 13.9 Å². The number of sulfonamides is 1. The number of hydrogen-bond donors (Lipinski definition) is 0. The normalized spacial score (nSPS) is 20.1. The Morgan fingerprint density at radius 2 is 2.07 bits per heavy atom. The molecule has 2 aliphatic rings. The Balaban J connectivity index is 1.49. The molecule has 2 aromatic rings. The van der Waals surface area contributed by atoms with Crippen LogP contribution in [0.1, 0.15) is 44.4 Å². The van der Waals surface area contributed by atoms with Gasteiger partial charge in [0.05, 0.1) is 11.7 Å². The molecule has 1 aromatic carbocycles. The summed E-state index contributed by atoms with van der Waals surface area (Å²) >= 11 is 0. The zero-order valence-corrected chi connectivity index (χ0v) is 16.1. The Bertz CT molecular complexity index is 911. The number of fused-ring (bicyclic) bond motifs is 1. The second kappa shape index (κ2) is 7.47. The van der Waals surface area contributed by atoms with E-state index in [1.807, 2.05) is 25.1 Å². The third-order valence-corrected chi connectivity index (χ3v) is 6.87. The van der Waals surface area contributed by atoms with Gasteiger partial charge in [0.25, 0.3) is 0 Å². The van der Waals surface area contributed by atoms with Crippen LogP contribution in [0.25, 0.3) is 11.5 Å². The predicted octanol–water partition coefficient (Wildman–Crippen LogP) is 2.77. The van der Waals surface area contributed by atoms with Crippen molar-refractivity contribution in [2.45, 2.75) is 38.5 Å². The highest BCUT2D eigenvalue weighted by Gasteiger charge is 2.32. The summed E-state index contributed by atoms with van der Waals surface area (Å²) in [6, 6.07) is 5.46. The van der Waals surface area contributed by atoms with Crippen molar-refractivity contribution in [2.24, 2.45) is 0 Å². The van der Waals surface area contributed by atoms with Gasteiger partial charge in [-0.3, -0.25) is 0 Å². The smallest absolute Gasteiger partial charge is 0.247 e. The summed E-state index contributed by atoms with van der Waals surface area (Å²) in [7, 11) is -3.23. The number of hydrogen-bond acceptors (Lipinski definition) is 7. The molecule has 1 atom stereocenters. The largest absolute Gasteiger partial charge is 0.454 e. The fourth-order valence-corrected chi connectivity index (χ4v) is 5.12. The molecule has 0 radical (unpaired) electrons. The summed E-state index contributed by atoms with van der Waals surface area (Å²) < 4.78 is 43.1. The minimum atomic E-state index is -3.23. The van der Waals surface area contributed by atoms with Gasteiger partial charge in [-0.1, -0.05) is 13.3 Å². The van der Waals surface area contributed by atoms with Crippen LogP contribution in [0, 0.1) is 0 Å². The van der Waals surface area contributed by atoms with Gasteiger partial charge in [-0.25, -0.2) is 12.7 Å². The van der Waals surface area contributed by atoms with Gasteiger partial charge in [-0.2, -0.15) is 0 Å². The van der Waals surface area contributed by atoms with E-state index < -0.39 is 10.0 Å². The molecule has 0 N–H and O–H groups in total. The predicted molar refractivity (Wildman–Crippen MR) is 98.1 cm³/mol. The molecule has 9 heteroatoms. The maximum Gasteiger partial charge on any atom is 0.247 e. The van der Waals surface area contributed by atoms with Crippen LogP contribution >= 0.6 is 0 Å². The molecule has 0 spiro atoms. The van der Waals surface area contributed by atoms with Crippen molar-refractivity contribution in [3.63, 3.8) is 0 Å². The summed E-state index contributed by atoms with van der Waals surface area (Å²) in [5.41, 5.74) is 0.751. The fourth-order valence-electron chi connectivity index (χ4n) is 3.40. The van der Waals surface area contributed by atoms with Crippen LogP contribution in [-0.4, -0.2) is 48.6 Å². The highest BCUT2D eigenvalue weighted by atomic mass is 32.2. The van der Waals surface area contributed by atoms with Crippen molar-refractivity contribution in [3.05, 3.63) is 24.1 Å². The highest BCUT2D eigenvalue weighted by Crippen LogP contribution is 2.36. The molecule has 27 heavy (non-hydrogen) atoms. The Morgan fingerprint density at radius 3 is 2.93 bits per heavy atom. The molecule has 1 saturated heterocycles. The lowest BCUT2D eigenvalue weighted by atomic mass is 10.00. The number of aromatic nitrogens is 2. The topological polar surface area (TPSA) is 94.8 Å². The maximum absolute atomic E-state index is 12.5. The van der Waals surface area contributed by atoms with Crippen molar-refractivity contribution in [1.29, 1.82) is 0 Å². The van der Waals surface area contributed by atoms with Gasteiger partial charge in [0, 0.05) is 18.7 Å². The molecule has 0 aliphatic carbocycles. The van der Waals surface area contributed by atoms with Gasteiger partial charge in [0.15, 0.2) is 11.5 Å². The number of rotatable bonds is 6. The first-order valence-corrected chi connectivity index (χ1v) is 10.9. The van der Waals surface area contributed by atoms with Crippen molar-refractivity contribution >= 4 is 10.0 Å². The van der Waals surface area contributed by atoms with Crippen LogP contribution in [0.4, 0.5) is 0 Å². The van der Waals surface area contributed by atoms with Gasteiger partial charge in [-0.15, -0.1) is 10.2 Å². The third-order valence-electron chi connectivity index (χ3n) is 4.94. The second-order valence-electron chi connectivity index (χ2n) is 6.88. The van der Waals surface area contributed by atoms with Crippen LogP contribution in [0.5, 0.6) is 11.5 Å². The van der Waals surface area contributed by atoms with E-state index in [1.54, 1.807) is 4.31 Å². The van der Waals surface area contributed by atoms with Crippen molar-refractivity contribution < 1.29 is 22.3 Å². The lowest BCUT2D eigenvalue weighted by Gasteiger charge is -2.30. The molecule has 8 nitrogen and oxygen atoms in total. The first-order chi connectivity index (χ1) is 13.1. The van der Waals surface area contributed by atoms with Gasteiger partial charge in [-0.05, 0) is 37.5 Å². The molecule has 3 heterocycles. The van der Waals surface area contributed by atoms with Crippen molar-refractivity contribution in [2.75, 3.05) is 25.6 Å². The average Bonchev–Trinajstić information content (AvgIpc) is 3.35. The van der Waals surface area contributed by atoms with Crippen LogP contribution in [0.3, 0.4) is 0 Å². The molecular formula is C18H23N3O5S. The first-order valence-electron chi connectivity index (χ1n) is 9.28. The monoisotopic (exact) mass is 393 g/mol. The summed E-state index contributed by atoms with van der Waals surface area (Å²) in [6.07, 6.45) is 3.16. The molecule has 0 unspecified atom stereocenters. The Hall–Kier alpha value is -2.13. The van der Waals surface area contributed by atoms with Crippen LogP contribution in [0.2, 0.25) is 0 Å². The van der Waals surface area contributed by atoms with Crippen LogP contribution in [-0.2, 0) is 10.0 Å². The third kappa shape index (κ3) is 3.79. The minimum absolute atomic E-state index is 0.0783.